The van der Waals surface area contributed by atoms with E-state index in [1.807, 2.05) is 18.4 Å². The molecule has 7 heteroatoms. The minimum Gasteiger partial charge on any atom is -0.267 e. The summed E-state index contributed by atoms with van der Waals surface area (Å²) in [5.74, 6) is -0.609. The molecule has 0 saturated heterocycles. The van der Waals surface area contributed by atoms with Gasteiger partial charge in [0.15, 0.2) is 0 Å². The summed E-state index contributed by atoms with van der Waals surface area (Å²) in [6.45, 7) is 1.93. The molecule has 0 atom stereocenters. The van der Waals surface area contributed by atoms with Crippen LogP contribution in [0.5, 0.6) is 0 Å². The SMILES string of the molecule is Cc1ccsc1/C=N\NC(=O)c1ccccc1[N+](=O)[O-]. The Balaban J connectivity index is 2.12. The number of nitrogens with one attached hydrogen (secondary N) is 1. The molecule has 1 N–H and O–H groups in total. The third kappa shape index (κ3) is 3.07. The molecular weight excluding hydrogens is 278 g/mol. The van der Waals surface area contributed by atoms with Gasteiger partial charge in [0.1, 0.15) is 5.56 Å². The number of nitro benzene ring substituents is 1. The fourth-order valence-electron chi connectivity index (χ4n) is 1.55. The van der Waals surface area contributed by atoms with Gasteiger partial charge in [-0.15, -0.1) is 11.3 Å². The standard InChI is InChI=1S/C13H11N3O3S/c1-9-6-7-20-12(9)8-14-15-13(17)10-4-2-3-5-11(10)16(18)19/h2-8H,1H3,(H,15,17)/b14-8-. The Kier molecular flexibility index (Phi) is 4.21. The van der Waals surface area contributed by atoms with Crippen LogP contribution in [0, 0.1) is 17.0 Å². The topological polar surface area (TPSA) is 84.6 Å². The highest BCUT2D eigenvalue weighted by atomic mass is 32.1. The first-order valence-electron chi connectivity index (χ1n) is 5.70. The summed E-state index contributed by atoms with van der Waals surface area (Å²) in [6, 6.07) is 7.68. The summed E-state index contributed by atoms with van der Waals surface area (Å²) in [6.07, 6.45) is 1.52. The van der Waals surface area contributed by atoms with E-state index in [-0.39, 0.29) is 11.3 Å². The molecule has 1 aromatic carbocycles. The molecule has 2 rings (SSSR count). The third-order valence-electron chi connectivity index (χ3n) is 2.59. The van der Waals surface area contributed by atoms with Gasteiger partial charge in [-0.1, -0.05) is 12.1 Å². The lowest BCUT2D eigenvalue weighted by Gasteiger charge is -2.00. The van der Waals surface area contributed by atoms with Gasteiger partial charge in [-0.25, -0.2) is 5.43 Å². The van der Waals surface area contributed by atoms with E-state index in [9.17, 15) is 14.9 Å². The second-order valence-corrected chi connectivity index (χ2v) is 4.89. The first-order chi connectivity index (χ1) is 9.59. The Hall–Kier alpha value is -2.54. The van der Waals surface area contributed by atoms with Gasteiger partial charge in [-0.05, 0) is 30.0 Å². The number of hydrogen-bond acceptors (Lipinski definition) is 5. The average Bonchev–Trinajstić information content (AvgIpc) is 2.84. The number of benzene rings is 1. The van der Waals surface area contributed by atoms with Crippen molar-refractivity contribution in [3.8, 4) is 0 Å². The summed E-state index contributed by atoms with van der Waals surface area (Å²) in [7, 11) is 0. The lowest BCUT2D eigenvalue weighted by Crippen LogP contribution is -2.18. The van der Waals surface area contributed by atoms with Crippen LogP contribution in [-0.4, -0.2) is 17.0 Å². The quantitative estimate of drug-likeness (QED) is 0.533. The molecule has 0 fully saturated rings. The van der Waals surface area contributed by atoms with E-state index in [0.717, 1.165) is 10.4 Å². The Labute approximate surface area is 118 Å². The number of amides is 1. The smallest absolute Gasteiger partial charge is 0.267 e. The molecule has 0 saturated carbocycles. The molecule has 0 unspecified atom stereocenters. The van der Waals surface area contributed by atoms with Crippen LogP contribution in [0.2, 0.25) is 0 Å². The second-order valence-electron chi connectivity index (χ2n) is 3.94. The van der Waals surface area contributed by atoms with E-state index < -0.39 is 10.8 Å². The highest BCUT2D eigenvalue weighted by Gasteiger charge is 2.18. The zero-order chi connectivity index (χ0) is 14.5. The summed E-state index contributed by atoms with van der Waals surface area (Å²) in [5, 5.41) is 16.6. The Bertz CT molecular complexity index is 679. The molecular formula is C13H11N3O3S. The van der Waals surface area contributed by atoms with Gasteiger partial charge < -0.3 is 0 Å². The average molecular weight is 289 g/mol. The number of carbonyl (C=O) groups excluding carboxylic acids is 1. The monoisotopic (exact) mass is 289 g/mol. The molecule has 0 radical (unpaired) electrons. The van der Waals surface area contributed by atoms with E-state index in [4.69, 9.17) is 0 Å². The highest BCUT2D eigenvalue weighted by molar-refractivity contribution is 7.11. The first-order valence-corrected chi connectivity index (χ1v) is 6.58. The van der Waals surface area contributed by atoms with Crippen molar-refractivity contribution in [2.24, 2.45) is 5.10 Å². The number of hydrazone groups is 1. The number of nitro groups is 1. The first kappa shape index (κ1) is 13.9. The van der Waals surface area contributed by atoms with E-state index in [1.54, 1.807) is 6.07 Å². The number of rotatable bonds is 4. The number of para-hydroxylation sites is 1. The normalized spacial score (nSPS) is 10.7. The summed E-state index contributed by atoms with van der Waals surface area (Å²) < 4.78 is 0. The molecule has 20 heavy (non-hydrogen) atoms. The van der Waals surface area contributed by atoms with Crippen LogP contribution < -0.4 is 5.43 Å². The van der Waals surface area contributed by atoms with Gasteiger partial charge in [0.05, 0.1) is 11.1 Å². The Morgan fingerprint density at radius 2 is 2.15 bits per heavy atom. The largest absolute Gasteiger partial charge is 0.282 e. The fraction of sp³-hybridized carbons (Fsp3) is 0.0769. The lowest BCUT2D eigenvalue weighted by atomic mass is 10.2. The number of carbonyl (C=O) groups is 1. The maximum atomic E-state index is 11.9. The van der Waals surface area contributed by atoms with E-state index in [1.165, 1.54) is 35.8 Å². The van der Waals surface area contributed by atoms with Crippen molar-refractivity contribution in [1.29, 1.82) is 0 Å². The third-order valence-corrected chi connectivity index (χ3v) is 3.55. The molecule has 0 spiro atoms. The molecule has 102 valence electrons. The van der Waals surface area contributed by atoms with Gasteiger partial charge in [-0.2, -0.15) is 5.10 Å². The Morgan fingerprint density at radius 3 is 2.80 bits per heavy atom. The van der Waals surface area contributed by atoms with Gasteiger partial charge >= 0.3 is 0 Å². The van der Waals surface area contributed by atoms with Crippen LogP contribution in [-0.2, 0) is 0 Å². The van der Waals surface area contributed by atoms with E-state index in [2.05, 4.69) is 10.5 Å². The molecule has 0 aliphatic rings. The van der Waals surface area contributed by atoms with Crippen LogP contribution in [0.25, 0.3) is 0 Å². The van der Waals surface area contributed by atoms with Gasteiger partial charge in [0.2, 0.25) is 0 Å². The fourth-order valence-corrected chi connectivity index (χ4v) is 2.34. The van der Waals surface area contributed by atoms with Crippen LogP contribution in [0.4, 0.5) is 5.69 Å². The molecule has 0 aliphatic heterocycles. The van der Waals surface area contributed by atoms with Crippen LogP contribution in [0.3, 0.4) is 0 Å². The predicted octanol–water partition coefficient (Wildman–Crippen LogP) is 2.73. The molecule has 2 aromatic rings. The Morgan fingerprint density at radius 1 is 1.40 bits per heavy atom. The van der Waals surface area contributed by atoms with Gasteiger partial charge in [0, 0.05) is 10.9 Å². The minimum absolute atomic E-state index is 0.0162. The predicted molar refractivity (Wildman–Crippen MR) is 77.2 cm³/mol. The maximum Gasteiger partial charge on any atom is 0.282 e. The summed E-state index contributed by atoms with van der Waals surface area (Å²) in [5.41, 5.74) is 3.09. The molecule has 1 heterocycles. The zero-order valence-corrected chi connectivity index (χ0v) is 11.4. The summed E-state index contributed by atoms with van der Waals surface area (Å²) >= 11 is 1.50. The number of thiophene rings is 1. The molecule has 6 nitrogen and oxygen atoms in total. The molecule has 0 aliphatic carbocycles. The van der Waals surface area contributed by atoms with Crippen LogP contribution in [0.1, 0.15) is 20.8 Å². The van der Waals surface area contributed by atoms with Crippen molar-refractivity contribution < 1.29 is 9.72 Å². The highest BCUT2D eigenvalue weighted by Crippen LogP contribution is 2.17. The van der Waals surface area contributed by atoms with Crippen molar-refractivity contribution in [3.05, 3.63) is 61.8 Å². The van der Waals surface area contributed by atoms with E-state index >= 15 is 0 Å². The number of hydrogen-bond donors (Lipinski definition) is 1. The number of nitrogens with zero attached hydrogens (tertiary/aromatic N) is 2. The van der Waals surface area contributed by atoms with Crippen LogP contribution in [0.15, 0.2) is 40.8 Å². The van der Waals surface area contributed by atoms with Crippen molar-refractivity contribution in [2.75, 3.05) is 0 Å². The van der Waals surface area contributed by atoms with Crippen molar-refractivity contribution in [3.63, 3.8) is 0 Å². The van der Waals surface area contributed by atoms with Gasteiger partial charge in [-0.3, -0.25) is 14.9 Å². The van der Waals surface area contributed by atoms with Crippen molar-refractivity contribution >= 4 is 29.1 Å². The van der Waals surface area contributed by atoms with Crippen molar-refractivity contribution in [2.45, 2.75) is 6.92 Å². The minimum atomic E-state index is -0.609. The summed E-state index contributed by atoms with van der Waals surface area (Å²) in [4.78, 5) is 23.0. The molecule has 1 amide bonds. The van der Waals surface area contributed by atoms with Gasteiger partial charge in [0.25, 0.3) is 11.6 Å². The van der Waals surface area contributed by atoms with Crippen LogP contribution >= 0.6 is 11.3 Å². The number of aryl methyl sites for hydroxylation is 1. The van der Waals surface area contributed by atoms with Crippen molar-refractivity contribution in [1.82, 2.24) is 5.43 Å². The second kappa shape index (κ2) is 6.07. The van der Waals surface area contributed by atoms with E-state index in [0.29, 0.717) is 0 Å². The zero-order valence-electron chi connectivity index (χ0n) is 10.6. The lowest BCUT2D eigenvalue weighted by molar-refractivity contribution is -0.385. The molecule has 0 bridgehead atoms. The molecule has 1 aromatic heterocycles. The maximum absolute atomic E-state index is 11.9.